The lowest BCUT2D eigenvalue weighted by atomic mass is 9.90. The van der Waals surface area contributed by atoms with Gasteiger partial charge in [0.25, 0.3) is 0 Å². The van der Waals surface area contributed by atoms with Crippen LogP contribution < -0.4 is 4.57 Å². The lowest BCUT2D eigenvalue weighted by molar-refractivity contribution is -0.659. The van der Waals surface area contributed by atoms with E-state index >= 15 is 0 Å². The molecule has 0 spiro atoms. The minimum absolute atomic E-state index is 0.504. The molecule has 0 aliphatic carbocycles. The average molecular weight is 407 g/mol. The molecule has 30 heavy (non-hydrogen) atoms. The zero-order valence-corrected chi connectivity index (χ0v) is 18.6. The van der Waals surface area contributed by atoms with Gasteiger partial charge in [0.15, 0.2) is 6.20 Å². The molecule has 146 valence electrons. The van der Waals surface area contributed by atoms with Crippen LogP contribution in [0, 0.1) is 6.92 Å². The van der Waals surface area contributed by atoms with Crippen molar-refractivity contribution in [1.29, 1.82) is 0 Å². The molecular weight excluding hydrogens is 382 g/mol. The average Bonchev–Trinajstić information content (AvgIpc) is 2.74. The molecule has 0 radical (unpaired) electrons. The third-order valence-corrected chi connectivity index (χ3v) is 7.71. The van der Waals surface area contributed by atoms with E-state index in [1.54, 1.807) is 0 Å². The number of benzene rings is 4. The molecule has 1 nitrogen and oxygen atoms in total. The number of nitrogens with zero attached hydrogens (tertiary/aromatic N) is 1. The van der Waals surface area contributed by atoms with E-state index in [4.69, 9.17) is 0 Å². The molecule has 0 N–H and O–H groups in total. The molecular formula is C28H24NS+. The van der Waals surface area contributed by atoms with Gasteiger partial charge < -0.3 is 0 Å². The second-order valence-electron chi connectivity index (χ2n) is 8.73. The van der Waals surface area contributed by atoms with Gasteiger partial charge in [-0.3, -0.25) is 0 Å². The van der Waals surface area contributed by atoms with E-state index in [1.807, 2.05) is 11.8 Å². The lowest BCUT2D eigenvalue weighted by Gasteiger charge is -2.22. The second-order valence-corrected chi connectivity index (χ2v) is 9.82. The molecule has 2 heterocycles. The third-order valence-electron chi connectivity index (χ3n) is 6.63. The van der Waals surface area contributed by atoms with Crippen molar-refractivity contribution in [3.63, 3.8) is 0 Å². The number of aryl methyl sites for hydroxylation is 2. The highest BCUT2D eigenvalue weighted by Crippen LogP contribution is 2.51. The molecule has 0 bridgehead atoms. The fourth-order valence-corrected chi connectivity index (χ4v) is 6.44. The zero-order valence-electron chi connectivity index (χ0n) is 17.8. The standard InChI is InChI=1S/C28H24NS/c1-16(2)19-10-7-11-21-22-12-13-29(4)28-26-17(3)20-9-6-5-8-18(20)14-24(26)30-25(27(22)28)15-23(19)21/h5-16H,1-4H3/q+1. The first kappa shape index (κ1) is 18.0. The number of hydrogen-bond acceptors (Lipinski definition) is 1. The van der Waals surface area contributed by atoms with Crippen LogP contribution in [0.5, 0.6) is 0 Å². The highest BCUT2D eigenvalue weighted by Gasteiger charge is 2.30. The van der Waals surface area contributed by atoms with Crippen molar-refractivity contribution in [3.05, 3.63) is 78.0 Å². The predicted molar refractivity (Wildman–Crippen MR) is 129 cm³/mol. The maximum Gasteiger partial charge on any atom is 0.222 e. The maximum absolute atomic E-state index is 2.44. The molecule has 6 rings (SSSR count). The number of aromatic nitrogens is 1. The van der Waals surface area contributed by atoms with Crippen molar-refractivity contribution in [2.24, 2.45) is 7.05 Å². The van der Waals surface area contributed by atoms with Crippen molar-refractivity contribution in [1.82, 2.24) is 0 Å². The Balaban J connectivity index is 1.82. The van der Waals surface area contributed by atoms with E-state index in [2.05, 4.69) is 99.2 Å². The summed E-state index contributed by atoms with van der Waals surface area (Å²) >= 11 is 1.93. The molecule has 4 aromatic carbocycles. The monoisotopic (exact) mass is 406 g/mol. The van der Waals surface area contributed by atoms with Gasteiger partial charge in [-0.2, -0.15) is 0 Å². The summed E-state index contributed by atoms with van der Waals surface area (Å²) in [6.07, 6.45) is 2.23. The first-order valence-corrected chi connectivity index (χ1v) is 11.4. The van der Waals surface area contributed by atoms with E-state index in [0.29, 0.717) is 5.92 Å². The van der Waals surface area contributed by atoms with E-state index in [9.17, 15) is 0 Å². The van der Waals surface area contributed by atoms with Crippen LogP contribution in [-0.4, -0.2) is 0 Å². The van der Waals surface area contributed by atoms with Gasteiger partial charge in [-0.05, 0) is 57.6 Å². The Morgan fingerprint density at radius 3 is 2.43 bits per heavy atom. The van der Waals surface area contributed by atoms with Gasteiger partial charge in [-0.1, -0.05) is 68.1 Å². The molecule has 0 atom stereocenters. The van der Waals surface area contributed by atoms with Crippen LogP contribution in [0.3, 0.4) is 0 Å². The largest absolute Gasteiger partial charge is 0.222 e. The first-order valence-electron chi connectivity index (χ1n) is 10.6. The zero-order chi connectivity index (χ0) is 20.6. The molecule has 0 amide bonds. The Labute approximate surface area is 181 Å². The highest BCUT2D eigenvalue weighted by atomic mass is 32.2. The molecule has 0 saturated heterocycles. The van der Waals surface area contributed by atoms with E-state index in [0.717, 1.165) is 0 Å². The molecule has 1 aliphatic heterocycles. The molecule has 5 aromatic rings. The number of pyridine rings is 1. The summed E-state index contributed by atoms with van der Waals surface area (Å²) in [5.41, 5.74) is 5.54. The van der Waals surface area contributed by atoms with E-state index < -0.39 is 0 Å². The minimum atomic E-state index is 0.504. The van der Waals surface area contributed by atoms with E-state index in [-0.39, 0.29) is 0 Å². The van der Waals surface area contributed by atoms with E-state index in [1.165, 1.54) is 64.5 Å². The van der Waals surface area contributed by atoms with Crippen LogP contribution in [0.25, 0.3) is 43.6 Å². The Morgan fingerprint density at radius 2 is 1.60 bits per heavy atom. The molecule has 2 heteroatoms. The van der Waals surface area contributed by atoms with Crippen molar-refractivity contribution in [2.75, 3.05) is 0 Å². The second kappa shape index (κ2) is 6.33. The van der Waals surface area contributed by atoms with Crippen LogP contribution in [0.15, 0.2) is 76.7 Å². The Kier molecular flexibility index (Phi) is 3.79. The van der Waals surface area contributed by atoms with Crippen molar-refractivity contribution in [3.8, 4) is 11.3 Å². The van der Waals surface area contributed by atoms with Crippen LogP contribution >= 0.6 is 11.8 Å². The van der Waals surface area contributed by atoms with Gasteiger partial charge in [-0.15, -0.1) is 0 Å². The fraction of sp³-hybridized carbons (Fsp3) is 0.179. The van der Waals surface area contributed by atoms with Crippen LogP contribution in [0.4, 0.5) is 0 Å². The summed E-state index contributed by atoms with van der Waals surface area (Å²) in [6.45, 7) is 6.86. The summed E-state index contributed by atoms with van der Waals surface area (Å²) in [4.78, 5) is 2.74. The quantitative estimate of drug-likeness (QED) is 0.201. The van der Waals surface area contributed by atoms with Gasteiger partial charge in [0.1, 0.15) is 7.05 Å². The SMILES string of the molecule is Cc1c2c(cc3ccccc13)Sc1cc3c(C(C)C)cccc3c3cc[n+](C)c-2c13. The van der Waals surface area contributed by atoms with Crippen molar-refractivity contribution in [2.45, 2.75) is 36.5 Å². The summed E-state index contributed by atoms with van der Waals surface area (Å²) in [6, 6.07) is 22.7. The van der Waals surface area contributed by atoms with Crippen LogP contribution in [0.2, 0.25) is 0 Å². The summed E-state index contributed by atoms with van der Waals surface area (Å²) in [7, 11) is 2.18. The van der Waals surface area contributed by atoms with Gasteiger partial charge >= 0.3 is 0 Å². The van der Waals surface area contributed by atoms with Crippen molar-refractivity contribution < 1.29 is 4.57 Å². The molecule has 1 aromatic heterocycles. The molecule has 0 saturated carbocycles. The first-order chi connectivity index (χ1) is 14.5. The third kappa shape index (κ3) is 2.34. The highest BCUT2D eigenvalue weighted by molar-refractivity contribution is 7.99. The smallest absolute Gasteiger partial charge is 0.200 e. The topological polar surface area (TPSA) is 3.88 Å². The Hall–Kier alpha value is -2.84. The number of fused-ring (bicyclic) bond motifs is 5. The molecule has 0 unspecified atom stereocenters. The normalized spacial score (nSPS) is 12.8. The molecule has 1 aliphatic rings. The Morgan fingerprint density at radius 1 is 0.800 bits per heavy atom. The van der Waals surface area contributed by atoms with Crippen LogP contribution in [-0.2, 0) is 7.05 Å². The number of rotatable bonds is 1. The minimum Gasteiger partial charge on any atom is -0.200 e. The maximum atomic E-state index is 2.44. The Bertz CT molecular complexity index is 1510. The summed E-state index contributed by atoms with van der Waals surface area (Å²) in [5, 5.41) is 8.18. The summed E-state index contributed by atoms with van der Waals surface area (Å²) < 4.78 is 2.31. The van der Waals surface area contributed by atoms with Gasteiger partial charge in [0.05, 0.1) is 10.9 Å². The predicted octanol–water partition coefficient (Wildman–Crippen LogP) is 7.53. The lowest BCUT2D eigenvalue weighted by Crippen LogP contribution is -2.31. The van der Waals surface area contributed by atoms with Gasteiger partial charge in [0, 0.05) is 21.2 Å². The van der Waals surface area contributed by atoms with Crippen molar-refractivity contribution >= 4 is 44.1 Å². The number of hydrogen-bond donors (Lipinski definition) is 0. The van der Waals surface area contributed by atoms with Gasteiger partial charge in [0.2, 0.25) is 5.69 Å². The van der Waals surface area contributed by atoms with Gasteiger partial charge in [-0.25, -0.2) is 4.57 Å². The van der Waals surface area contributed by atoms with Crippen LogP contribution in [0.1, 0.15) is 30.9 Å². The molecule has 0 fully saturated rings. The summed E-state index contributed by atoms with van der Waals surface area (Å²) in [5.74, 6) is 0.504. The fourth-order valence-electron chi connectivity index (χ4n) is 5.18.